The molecule has 1 amide bonds. The molecular weight excluding hydrogens is 364 g/mol. The lowest BCUT2D eigenvalue weighted by Gasteiger charge is -2.18. The van der Waals surface area contributed by atoms with Crippen LogP contribution in [-0.2, 0) is 16.6 Å². The molecule has 6 nitrogen and oxygen atoms in total. The summed E-state index contributed by atoms with van der Waals surface area (Å²) in [6.07, 6.45) is 1.09. The standard InChI is InChI=1S/C17H19ClN2O4S/c1-20(25(3,22)23)13-6-9-16(18)15(10-13)17(21)19-11-12-4-7-14(24-2)8-5-12/h4-10H,11H2,1-3H3,(H,19,21). The topological polar surface area (TPSA) is 75.7 Å². The molecule has 1 N–H and O–H groups in total. The first kappa shape index (κ1) is 19.1. The summed E-state index contributed by atoms with van der Waals surface area (Å²) in [6.45, 7) is 0.311. The monoisotopic (exact) mass is 382 g/mol. The number of methoxy groups -OCH3 is 1. The van der Waals surface area contributed by atoms with Crippen molar-refractivity contribution in [3.8, 4) is 5.75 Å². The predicted molar refractivity (Wildman–Crippen MR) is 98.9 cm³/mol. The van der Waals surface area contributed by atoms with E-state index in [0.717, 1.165) is 21.9 Å². The zero-order chi connectivity index (χ0) is 18.6. The Kier molecular flexibility index (Phi) is 5.92. The van der Waals surface area contributed by atoms with Gasteiger partial charge in [0.2, 0.25) is 10.0 Å². The predicted octanol–water partition coefficient (Wildman–Crippen LogP) is 2.67. The van der Waals surface area contributed by atoms with Crippen molar-refractivity contribution in [2.24, 2.45) is 0 Å². The van der Waals surface area contributed by atoms with Crippen molar-refractivity contribution in [3.05, 3.63) is 58.6 Å². The Morgan fingerprint density at radius 3 is 2.40 bits per heavy atom. The number of rotatable bonds is 6. The highest BCUT2D eigenvalue weighted by Gasteiger charge is 2.16. The number of benzene rings is 2. The van der Waals surface area contributed by atoms with Crippen molar-refractivity contribution >= 4 is 33.2 Å². The quantitative estimate of drug-likeness (QED) is 0.833. The Hall–Kier alpha value is -2.25. The highest BCUT2D eigenvalue weighted by atomic mass is 35.5. The number of carbonyl (C=O) groups excluding carboxylic acids is 1. The van der Waals surface area contributed by atoms with Gasteiger partial charge >= 0.3 is 0 Å². The van der Waals surface area contributed by atoms with E-state index in [2.05, 4.69) is 5.32 Å². The molecule has 0 aliphatic carbocycles. The van der Waals surface area contributed by atoms with Crippen molar-refractivity contribution in [1.82, 2.24) is 5.32 Å². The van der Waals surface area contributed by atoms with Crippen LogP contribution in [0.15, 0.2) is 42.5 Å². The fraction of sp³-hybridized carbons (Fsp3) is 0.235. The van der Waals surface area contributed by atoms with E-state index in [9.17, 15) is 13.2 Å². The molecular formula is C17H19ClN2O4S. The molecule has 0 aliphatic rings. The molecule has 0 aromatic heterocycles. The second-order valence-electron chi connectivity index (χ2n) is 5.43. The molecule has 0 atom stereocenters. The largest absolute Gasteiger partial charge is 0.497 e. The van der Waals surface area contributed by atoms with Gasteiger partial charge < -0.3 is 10.1 Å². The first-order valence-corrected chi connectivity index (χ1v) is 9.59. The van der Waals surface area contributed by atoms with Crippen LogP contribution in [0.2, 0.25) is 5.02 Å². The minimum atomic E-state index is -3.43. The molecule has 25 heavy (non-hydrogen) atoms. The third-order valence-corrected chi connectivity index (χ3v) is 5.20. The van der Waals surface area contributed by atoms with Crippen LogP contribution in [0.4, 0.5) is 5.69 Å². The summed E-state index contributed by atoms with van der Waals surface area (Å²) in [5, 5.41) is 3.01. The number of amides is 1. The van der Waals surface area contributed by atoms with E-state index in [-0.39, 0.29) is 16.5 Å². The number of hydrogen-bond donors (Lipinski definition) is 1. The lowest BCUT2D eigenvalue weighted by Crippen LogP contribution is -2.26. The highest BCUT2D eigenvalue weighted by molar-refractivity contribution is 7.92. The molecule has 0 saturated heterocycles. The number of anilines is 1. The number of halogens is 1. The van der Waals surface area contributed by atoms with E-state index in [1.54, 1.807) is 25.3 Å². The summed E-state index contributed by atoms with van der Waals surface area (Å²) >= 11 is 6.09. The molecule has 0 fully saturated rings. The highest BCUT2D eigenvalue weighted by Crippen LogP contribution is 2.24. The lowest BCUT2D eigenvalue weighted by molar-refractivity contribution is 0.0951. The average Bonchev–Trinajstić information content (AvgIpc) is 2.59. The van der Waals surface area contributed by atoms with Crippen LogP contribution in [0, 0.1) is 0 Å². The maximum Gasteiger partial charge on any atom is 0.253 e. The Bertz CT molecular complexity index is 867. The Labute approximate surface area is 152 Å². The number of sulfonamides is 1. The summed E-state index contributed by atoms with van der Waals surface area (Å²) in [6, 6.07) is 11.8. The smallest absolute Gasteiger partial charge is 0.253 e. The third kappa shape index (κ3) is 4.87. The molecule has 134 valence electrons. The van der Waals surface area contributed by atoms with Gasteiger partial charge in [0.25, 0.3) is 5.91 Å². The molecule has 0 spiro atoms. The van der Waals surface area contributed by atoms with Crippen LogP contribution >= 0.6 is 11.6 Å². The summed E-state index contributed by atoms with van der Waals surface area (Å²) in [4.78, 5) is 12.4. The number of nitrogens with one attached hydrogen (secondary N) is 1. The summed E-state index contributed by atoms with van der Waals surface area (Å²) < 4.78 is 29.5. The maximum absolute atomic E-state index is 12.4. The van der Waals surface area contributed by atoms with E-state index in [4.69, 9.17) is 16.3 Å². The Morgan fingerprint density at radius 2 is 1.84 bits per heavy atom. The average molecular weight is 383 g/mol. The molecule has 0 heterocycles. The van der Waals surface area contributed by atoms with Crippen LogP contribution in [0.1, 0.15) is 15.9 Å². The zero-order valence-corrected chi connectivity index (χ0v) is 15.7. The van der Waals surface area contributed by atoms with Crippen molar-refractivity contribution in [2.75, 3.05) is 24.7 Å². The van der Waals surface area contributed by atoms with E-state index in [1.165, 1.54) is 19.2 Å². The minimum absolute atomic E-state index is 0.211. The second-order valence-corrected chi connectivity index (χ2v) is 7.85. The molecule has 0 aliphatic heterocycles. The van der Waals surface area contributed by atoms with Crippen LogP contribution in [-0.4, -0.2) is 34.7 Å². The van der Waals surface area contributed by atoms with E-state index in [0.29, 0.717) is 12.2 Å². The van der Waals surface area contributed by atoms with E-state index >= 15 is 0 Å². The van der Waals surface area contributed by atoms with Gasteiger partial charge in [-0.1, -0.05) is 23.7 Å². The van der Waals surface area contributed by atoms with E-state index in [1.807, 2.05) is 12.1 Å². The van der Waals surface area contributed by atoms with Crippen LogP contribution < -0.4 is 14.4 Å². The first-order chi connectivity index (χ1) is 11.7. The lowest BCUT2D eigenvalue weighted by atomic mass is 10.1. The van der Waals surface area contributed by atoms with Crippen molar-refractivity contribution < 1.29 is 17.9 Å². The molecule has 0 bridgehead atoms. The Balaban J connectivity index is 2.15. The zero-order valence-electron chi connectivity index (χ0n) is 14.1. The van der Waals surface area contributed by atoms with Crippen LogP contribution in [0.25, 0.3) is 0 Å². The summed E-state index contributed by atoms with van der Waals surface area (Å²) in [7, 11) is -0.429. The first-order valence-electron chi connectivity index (χ1n) is 7.37. The van der Waals surface area contributed by atoms with Gasteiger partial charge in [-0.25, -0.2) is 8.42 Å². The van der Waals surface area contributed by atoms with Crippen molar-refractivity contribution in [2.45, 2.75) is 6.54 Å². The molecule has 0 saturated carbocycles. The SMILES string of the molecule is COc1ccc(CNC(=O)c2cc(N(C)S(C)(=O)=O)ccc2Cl)cc1. The van der Waals surface area contributed by atoms with Crippen LogP contribution in [0.5, 0.6) is 5.75 Å². The number of ether oxygens (including phenoxy) is 1. The molecule has 2 aromatic carbocycles. The van der Waals surface area contributed by atoms with Gasteiger partial charge in [-0.15, -0.1) is 0 Å². The Morgan fingerprint density at radius 1 is 1.20 bits per heavy atom. The molecule has 2 aromatic rings. The fourth-order valence-electron chi connectivity index (χ4n) is 2.10. The van der Waals surface area contributed by atoms with Gasteiger partial charge in [0, 0.05) is 13.6 Å². The summed E-state index contributed by atoms with van der Waals surface area (Å²) in [5.41, 5.74) is 1.47. The third-order valence-electron chi connectivity index (χ3n) is 3.67. The fourth-order valence-corrected chi connectivity index (χ4v) is 2.80. The number of carbonyl (C=O) groups is 1. The number of nitrogens with zero attached hydrogens (tertiary/aromatic N) is 1. The van der Waals surface area contributed by atoms with E-state index < -0.39 is 10.0 Å². The van der Waals surface area contributed by atoms with Crippen molar-refractivity contribution in [1.29, 1.82) is 0 Å². The van der Waals surface area contributed by atoms with Gasteiger partial charge in [0.15, 0.2) is 0 Å². The molecule has 2 rings (SSSR count). The molecule has 0 unspecified atom stereocenters. The normalized spacial score (nSPS) is 11.0. The summed E-state index contributed by atoms with van der Waals surface area (Å²) in [5.74, 6) is 0.346. The van der Waals surface area contributed by atoms with Gasteiger partial charge in [-0.3, -0.25) is 9.10 Å². The second kappa shape index (κ2) is 7.76. The van der Waals surface area contributed by atoms with Gasteiger partial charge in [-0.2, -0.15) is 0 Å². The molecule has 8 heteroatoms. The van der Waals surface area contributed by atoms with Gasteiger partial charge in [0.05, 0.1) is 29.6 Å². The molecule has 0 radical (unpaired) electrons. The van der Waals surface area contributed by atoms with Crippen molar-refractivity contribution in [3.63, 3.8) is 0 Å². The minimum Gasteiger partial charge on any atom is -0.497 e. The van der Waals surface area contributed by atoms with Gasteiger partial charge in [-0.05, 0) is 35.9 Å². The number of hydrogen-bond acceptors (Lipinski definition) is 4. The maximum atomic E-state index is 12.4. The van der Waals surface area contributed by atoms with Crippen LogP contribution in [0.3, 0.4) is 0 Å². The van der Waals surface area contributed by atoms with Gasteiger partial charge in [0.1, 0.15) is 5.75 Å².